The van der Waals surface area contributed by atoms with Crippen molar-refractivity contribution in [2.45, 2.75) is 78.6 Å². The monoisotopic (exact) mass is 1400 g/mol. The van der Waals surface area contributed by atoms with Gasteiger partial charge in [-0.05, 0) is 128 Å². The van der Waals surface area contributed by atoms with Gasteiger partial charge in [0.25, 0.3) is 6.33 Å². The number of benzene rings is 11. The molecule has 0 amide bonds. The molecule has 0 saturated heterocycles. The summed E-state index contributed by atoms with van der Waals surface area (Å²) in [5.74, 6) is 0.903. The Kier molecular flexibility index (Phi) is 9.95. The fourth-order valence-corrected chi connectivity index (χ4v) is 15.6. The van der Waals surface area contributed by atoms with E-state index in [1.165, 1.54) is 39.5 Å². The van der Waals surface area contributed by atoms with Crippen LogP contribution in [-0.4, -0.2) is 22.2 Å². The first-order chi connectivity index (χ1) is 53.9. The van der Waals surface area contributed by atoms with Crippen molar-refractivity contribution in [1.29, 1.82) is 0 Å². The summed E-state index contributed by atoms with van der Waals surface area (Å²) in [4.78, 5) is 4.84. The van der Waals surface area contributed by atoms with Crippen LogP contribution in [0.2, 0.25) is 0 Å². The van der Waals surface area contributed by atoms with E-state index in [9.17, 15) is 24.7 Å². The van der Waals surface area contributed by atoms with Gasteiger partial charge in [0, 0.05) is 44.3 Å². The van der Waals surface area contributed by atoms with Crippen molar-refractivity contribution in [3.63, 3.8) is 0 Å². The van der Waals surface area contributed by atoms with E-state index in [1.54, 1.807) is 42.6 Å². The van der Waals surface area contributed by atoms with Gasteiger partial charge in [0.1, 0.15) is 5.82 Å². The maximum absolute atomic E-state index is 10.4. The van der Waals surface area contributed by atoms with Crippen LogP contribution in [0.1, 0.15) is 113 Å². The van der Waals surface area contributed by atoms with Gasteiger partial charge in [0.15, 0.2) is 8.07 Å². The number of aromatic nitrogens is 4. The molecule has 14 rings (SSSR count). The standard InChI is InChI=1S/C84H72N4OSi.Pt/c1-82(2,3)63-46-47-85-80(54-63)88-75-41-26-25-40-72(75)73-44-43-68(56-77(73)88)89-67-33-27-32-66(55-67)86-57-87(76-45-42-60(51-78(76)86)58-28-15-10-16-29-58)81-74(62-48-64(83(4,5)6)53-65(49-62)84(7,8)9)50-61(59-30-17-11-18-31-59)52-79(81)90(69-34-19-12-20-35-69,70-36-21-13-22-37-70)71-38-23-14-24-39-71;/h10-54H,1-9H3;/q-2;/i10D,11D,12D,13D,14D,15D,16D,17D,18D,19D,20D,21D,22D,23D,24D,28D,29D,30D,31D,34D,35D,36D,37D,38D,39D;. The molecule has 5 nitrogen and oxygen atoms in total. The van der Waals surface area contributed by atoms with E-state index in [1.807, 2.05) is 94.6 Å². The van der Waals surface area contributed by atoms with E-state index in [2.05, 4.69) is 39.2 Å². The van der Waals surface area contributed by atoms with Gasteiger partial charge in [-0.1, -0.05) is 273 Å². The van der Waals surface area contributed by atoms with Crippen molar-refractivity contribution in [3.05, 3.63) is 308 Å². The maximum Gasteiger partial charge on any atom is 0.268 e. The molecule has 0 unspecified atom stereocenters. The van der Waals surface area contributed by atoms with Crippen molar-refractivity contribution in [3.8, 4) is 62.1 Å². The number of pyridine rings is 1. The zero-order valence-electron chi connectivity index (χ0n) is 76.1. The number of para-hydroxylation sites is 1. The first-order valence-corrected chi connectivity index (χ1v) is 31.2. The average molecular weight is 1400 g/mol. The molecule has 0 fully saturated rings. The van der Waals surface area contributed by atoms with E-state index in [0.717, 1.165) is 21.9 Å². The normalized spacial score (nSPS) is 16.0. The van der Waals surface area contributed by atoms with Crippen molar-refractivity contribution in [2.75, 3.05) is 0 Å². The molecule has 0 atom stereocenters. The van der Waals surface area contributed by atoms with Crippen LogP contribution in [0.15, 0.2) is 273 Å². The topological polar surface area (TPSA) is 35.9 Å². The summed E-state index contributed by atoms with van der Waals surface area (Å²) >= 11 is 0. The Balaban J connectivity index is 0.0000117. The zero-order valence-corrected chi connectivity index (χ0v) is 54.3. The summed E-state index contributed by atoms with van der Waals surface area (Å²) in [7, 11) is -6.47. The molecule has 3 aromatic heterocycles. The number of hydrogen-bond acceptors (Lipinski definition) is 2. The predicted molar refractivity (Wildman–Crippen MR) is 376 cm³/mol. The van der Waals surface area contributed by atoms with Crippen LogP contribution in [0.5, 0.6) is 11.5 Å². The molecule has 450 valence electrons. The molecule has 11 aromatic carbocycles. The third-order valence-corrected chi connectivity index (χ3v) is 20.4. The van der Waals surface area contributed by atoms with Crippen LogP contribution < -0.4 is 30.1 Å². The summed E-state index contributed by atoms with van der Waals surface area (Å²) in [5.41, 5.74) is 0.973. The van der Waals surface area contributed by atoms with Crippen LogP contribution in [-0.2, 0) is 37.3 Å². The van der Waals surface area contributed by atoms with Crippen molar-refractivity contribution in [1.82, 2.24) is 14.1 Å². The van der Waals surface area contributed by atoms with Gasteiger partial charge in [-0.25, -0.2) is 4.98 Å². The Morgan fingerprint density at radius 1 is 0.462 bits per heavy atom. The second-order valence-electron chi connectivity index (χ2n) is 25.0. The number of rotatable bonds is 12. The number of nitrogens with zero attached hydrogens (tertiary/aromatic N) is 4. The van der Waals surface area contributed by atoms with Crippen LogP contribution in [0.25, 0.3) is 83.4 Å². The van der Waals surface area contributed by atoms with Crippen LogP contribution in [0.4, 0.5) is 0 Å². The van der Waals surface area contributed by atoms with E-state index in [4.69, 9.17) is 19.3 Å². The molecule has 0 spiro atoms. The van der Waals surface area contributed by atoms with Gasteiger partial charge >= 0.3 is 0 Å². The minimum atomic E-state index is -6.47. The van der Waals surface area contributed by atoms with Gasteiger partial charge in [-0.2, -0.15) is 18.2 Å². The predicted octanol–water partition coefficient (Wildman–Crippen LogP) is 17.9. The minimum absolute atomic E-state index is 0. The zero-order chi connectivity index (χ0) is 83.7. The Hall–Kier alpha value is -9.45. The fraction of sp³-hybridized carbons (Fsp3) is 0.143. The van der Waals surface area contributed by atoms with Crippen molar-refractivity contribution < 1.29 is 64.6 Å². The molecule has 0 aliphatic carbocycles. The Morgan fingerprint density at radius 2 is 1.02 bits per heavy atom. The van der Waals surface area contributed by atoms with Gasteiger partial charge in [0.2, 0.25) is 0 Å². The molecule has 7 heteroatoms. The first-order valence-electron chi connectivity index (χ1n) is 41.7. The van der Waals surface area contributed by atoms with E-state index < -0.39 is 196 Å². The second kappa shape index (κ2) is 24.1. The van der Waals surface area contributed by atoms with Crippen LogP contribution in [0, 0.1) is 18.5 Å². The van der Waals surface area contributed by atoms with Gasteiger partial charge in [-0.15, -0.1) is 29.7 Å². The van der Waals surface area contributed by atoms with Gasteiger partial charge in [0.05, 0.1) is 51.0 Å². The van der Waals surface area contributed by atoms with E-state index in [-0.39, 0.29) is 88.2 Å². The number of imidazole rings is 1. The third-order valence-electron chi connectivity index (χ3n) is 16.2. The van der Waals surface area contributed by atoms with Crippen LogP contribution >= 0.6 is 0 Å². The Morgan fingerprint density at radius 3 is 1.62 bits per heavy atom. The van der Waals surface area contributed by atoms with E-state index >= 15 is 0 Å². The summed E-state index contributed by atoms with van der Waals surface area (Å²) in [6.07, 6.45) is 5.25. The SMILES string of the molecule is [2H]c1c([2H])c([2H])c(-c2cc(-c3cc(C(C)(C)C)cc(C(C)(C)C)c3)c(-[n+]3[c-]n(-c4[c-]c(Oc5[c-]c6c(cc5)c5ccccc5n6-c5cc(C(C)(C)C)ccn5)ccc4)c4cc(-c5c([2H])c([2H])c([2H])c([2H])c5[2H])ccc43)c([Si](c3c([2H])c([2H])c([2H])c([2H])c3[2H])(c3c([2H])c([2H])c([2H])c([2H])c3[2H])c3c([2H])c([2H])c([2H])c([2H])c3[2H])c2)c([2H])c1[2H].[Pt]. The Bertz CT molecular complexity index is 6210. The molecule has 0 aliphatic heterocycles. The molecule has 0 saturated carbocycles. The largest absolute Gasteiger partial charge is 0.510 e. The Labute approximate surface area is 586 Å². The molecular weight excluding hydrogens is 1300 g/mol. The van der Waals surface area contributed by atoms with Crippen molar-refractivity contribution >= 4 is 61.7 Å². The summed E-state index contributed by atoms with van der Waals surface area (Å²) in [6.45, 7) is 18.0. The summed E-state index contributed by atoms with van der Waals surface area (Å²) in [5, 5.41) is -1.57. The molecule has 0 aliphatic rings. The fourth-order valence-electron chi connectivity index (χ4n) is 11.6. The van der Waals surface area contributed by atoms with E-state index in [0.29, 0.717) is 22.5 Å². The molecule has 0 N–H and O–H groups in total. The second-order valence-corrected chi connectivity index (χ2v) is 28.6. The quantitative estimate of drug-likeness (QED) is 0.0529. The smallest absolute Gasteiger partial charge is 0.268 e. The first kappa shape index (κ1) is 37.6. The molecule has 3 heterocycles. The van der Waals surface area contributed by atoms with Gasteiger partial charge in [-0.3, -0.25) is 4.57 Å². The molecular formula is C84H72N4OPtSi-2. The minimum Gasteiger partial charge on any atom is -0.510 e. The maximum atomic E-state index is 10.4. The molecule has 91 heavy (non-hydrogen) atoms. The van der Waals surface area contributed by atoms with Crippen molar-refractivity contribution in [2.24, 2.45) is 0 Å². The summed E-state index contributed by atoms with van der Waals surface area (Å²) in [6, 6.07) is 16.2. The third kappa shape index (κ3) is 11.3. The molecule has 0 radical (unpaired) electrons. The number of hydrogen-bond donors (Lipinski definition) is 0. The van der Waals surface area contributed by atoms with Gasteiger partial charge < -0.3 is 13.9 Å². The average Bonchev–Trinajstić information content (AvgIpc) is 0.805. The number of fused-ring (bicyclic) bond motifs is 4. The number of ether oxygens (including phenoxy) is 1. The molecule has 0 bridgehead atoms. The van der Waals surface area contributed by atoms with Crippen LogP contribution in [0.3, 0.4) is 0 Å². The summed E-state index contributed by atoms with van der Waals surface area (Å²) < 4.78 is 251. The molecule has 14 aromatic rings.